The predicted octanol–water partition coefficient (Wildman–Crippen LogP) is 3.82. The van der Waals surface area contributed by atoms with E-state index in [1.54, 1.807) is 17.0 Å². The summed E-state index contributed by atoms with van der Waals surface area (Å²) in [5.41, 5.74) is 0.331. The van der Waals surface area contributed by atoms with E-state index in [4.69, 9.17) is 21.1 Å². The van der Waals surface area contributed by atoms with Crippen molar-refractivity contribution in [3.8, 4) is 11.5 Å². The Kier molecular flexibility index (Phi) is 4.90. The number of aliphatic hydroxyl groups is 1. The second-order valence-corrected chi connectivity index (χ2v) is 6.19. The van der Waals surface area contributed by atoms with Gasteiger partial charge in [0.2, 0.25) is 0 Å². The van der Waals surface area contributed by atoms with Gasteiger partial charge >= 0.3 is 6.18 Å². The minimum Gasteiger partial charge on any atom is -0.496 e. The summed E-state index contributed by atoms with van der Waals surface area (Å²) in [7, 11) is 2.99. The van der Waals surface area contributed by atoms with Crippen molar-refractivity contribution in [3.63, 3.8) is 0 Å². The van der Waals surface area contributed by atoms with Crippen molar-refractivity contribution in [1.29, 1.82) is 0 Å². The molecule has 0 fully saturated rings. The maximum Gasteiger partial charge on any atom is 0.417 e. The first-order valence-electron chi connectivity index (χ1n) is 7.65. The van der Waals surface area contributed by atoms with Gasteiger partial charge in [0.15, 0.2) is 0 Å². The number of anilines is 1. The van der Waals surface area contributed by atoms with E-state index in [9.17, 15) is 18.3 Å². The van der Waals surface area contributed by atoms with Crippen LogP contribution in [0.3, 0.4) is 0 Å². The first-order chi connectivity index (χ1) is 12.3. The zero-order valence-corrected chi connectivity index (χ0v) is 14.7. The number of fused-ring (bicyclic) bond motifs is 1. The van der Waals surface area contributed by atoms with Crippen molar-refractivity contribution >= 4 is 17.4 Å². The zero-order valence-electron chi connectivity index (χ0n) is 14.0. The highest BCUT2D eigenvalue weighted by atomic mass is 35.5. The normalized spacial score (nSPS) is 17.0. The molecule has 0 saturated heterocycles. The summed E-state index contributed by atoms with van der Waals surface area (Å²) >= 11 is 6.03. The van der Waals surface area contributed by atoms with Gasteiger partial charge in [-0.25, -0.2) is 4.98 Å². The number of pyridine rings is 1. The summed E-state index contributed by atoms with van der Waals surface area (Å²) in [6.07, 6.45) is -4.74. The van der Waals surface area contributed by atoms with E-state index < -0.39 is 17.8 Å². The van der Waals surface area contributed by atoms with Gasteiger partial charge in [0.1, 0.15) is 23.4 Å². The van der Waals surface area contributed by atoms with Crippen LogP contribution in [0.15, 0.2) is 24.4 Å². The van der Waals surface area contributed by atoms with Gasteiger partial charge in [0.05, 0.1) is 31.4 Å². The van der Waals surface area contributed by atoms with Gasteiger partial charge in [-0.15, -0.1) is 0 Å². The highest BCUT2D eigenvalue weighted by Gasteiger charge is 2.34. The van der Waals surface area contributed by atoms with Gasteiger partial charge in [-0.2, -0.15) is 13.2 Å². The number of rotatable bonds is 3. The van der Waals surface area contributed by atoms with Crippen LogP contribution in [-0.4, -0.2) is 30.9 Å². The Morgan fingerprint density at radius 2 is 1.88 bits per heavy atom. The molecule has 140 valence electrons. The second kappa shape index (κ2) is 6.85. The second-order valence-electron chi connectivity index (χ2n) is 5.79. The number of alkyl halides is 3. The molecule has 1 atom stereocenters. The lowest BCUT2D eigenvalue weighted by Gasteiger charge is -2.35. The number of benzene rings is 1. The van der Waals surface area contributed by atoms with Crippen LogP contribution in [0, 0.1) is 0 Å². The fraction of sp³-hybridized carbons (Fsp3) is 0.353. The largest absolute Gasteiger partial charge is 0.496 e. The molecule has 1 aromatic heterocycles. The summed E-state index contributed by atoms with van der Waals surface area (Å²) in [4.78, 5) is 5.47. The smallest absolute Gasteiger partial charge is 0.417 e. The van der Waals surface area contributed by atoms with Crippen molar-refractivity contribution in [2.45, 2.75) is 18.8 Å². The molecule has 1 N–H and O–H groups in total. The third kappa shape index (κ3) is 3.26. The van der Waals surface area contributed by atoms with Gasteiger partial charge in [0, 0.05) is 23.9 Å². The molecule has 5 nitrogen and oxygen atoms in total. The quantitative estimate of drug-likeness (QED) is 0.866. The van der Waals surface area contributed by atoms with Crippen LogP contribution in [0.25, 0.3) is 0 Å². The first-order valence-corrected chi connectivity index (χ1v) is 8.03. The van der Waals surface area contributed by atoms with Crippen molar-refractivity contribution in [2.24, 2.45) is 0 Å². The van der Waals surface area contributed by atoms with E-state index >= 15 is 0 Å². The molecular formula is C17H16ClF3N2O3. The Labute approximate surface area is 152 Å². The SMILES string of the molecule is COc1ccc(OC)c2c1CN(c1ncc(C(F)(F)F)cc1Cl)C[C@@H]2O. The third-order valence-electron chi connectivity index (χ3n) is 4.24. The van der Waals surface area contributed by atoms with Crippen molar-refractivity contribution < 1.29 is 27.8 Å². The van der Waals surface area contributed by atoms with Crippen LogP contribution in [0.4, 0.5) is 19.0 Å². The van der Waals surface area contributed by atoms with Gasteiger partial charge in [-0.05, 0) is 18.2 Å². The van der Waals surface area contributed by atoms with Gasteiger partial charge in [-0.1, -0.05) is 11.6 Å². The first kappa shape index (κ1) is 18.6. The Balaban J connectivity index is 2.01. The number of aromatic nitrogens is 1. The molecule has 0 spiro atoms. The molecule has 1 aromatic carbocycles. The lowest BCUT2D eigenvalue weighted by Crippen LogP contribution is -2.35. The van der Waals surface area contributed by atoms with Gasteiger partial charge in [-0.3, -0.25) is 0 Å². The monoisotopic (exact) mass is 388 g/mol. The number of hydrogen-bond acceptors (Lipinski definition) is 5. The number of ether oxygens (including phenoxy) is 2. The molecule has 0 aliphatic carbocycles. The molecular weight excluding hydrogens is 373 g/mol. The standard InChI is InChI=1S/C17H16ClF3N2O3/c1-25-13-3-4-14(26-2)15-10(13)7-23(8-12(15)24)16-11(18)5-9(6-22-16)17(19,20)21/h3-6,12,24H,7-8H2,1-2H3/t12-/m0/s1. The molecule has 2 aromatic rings. The van der Waals surface area contributed by atoms with Crippen molar-refractivity contribution in [2.75, 3.05) is 25.7 Å². The summed E-state index contributed by atoms with van der Waals surface area (Å²) in [6, 6.07) is 4.23. The van der Waals surface area contributed by atoms with Gasteiger partial charge in [0.25, 0.3) is 0 Å². The number of β-amino-alcohol motifs (C(OH)–C–C–N with tert-alkyl or cyclic N) is 1. The third-order valence-corrected chi connectivity index (χ3v) is 4.52. The Bertz CT molecular complexity index is 830. The highest BCUT2D eigenvalue weighted by Crippen LogP contribution is 2.42. The molecule has 1 aliphatic rings. The van der Waals surface area contributed by atoms with Crippen LogP contribution < -0.4 is 14.4 Å². The van der Waals surface area contributed by atoms with E-state index in [0.717, 1.165) is 12.3 Å². The summed E-state index contributed by atoms with van der Waals surface area (Å²) in [6.45, 7) is 0.361. The van der Waals surface area contributed by atoms with E-state index in [-0.39, 0.29) is 23.9 Å². The van der Waals surface area contributed by atoms with Crippen LogP contribution >= 0.6 is 11.6 Å². The Morgan fingerprint density at radius 1 is 1.23 bits per heavy atom. The lowest BCUT2D eigenvalue weighted by atomic mass is 9.95. The number of nitrogens with zero attached hydrogens (tertiary/aromatic N) is 2. The zero-order chi connectivity index (χ0) is 19.1. The Hall–Kier alpha value is -2.19. The fourth-order valence-electron chi connectivity index (χ4n) is 3.06. The van der Waals surface area contributed by atoms with Crippen LogP contribution in [-0.2, 0) is 12.7 Å². The summed E-state index contributed by atoms with van der Waals surface area (Å²) < 4.78 is 49.0. The molecule has 0 unspecified atom stereocenters. The van der Waals surface area contributed by atoms with E-state index in [1.807, 2.05) is 0 Å². The fourth-order valence-corrected chi connectivity index (χ4v) is 3.34. The molecule has 3 rings (SSSR count). The number of aliphatic hydroxyl groups excluding tert-OH is 1. The molecule has 26 heavy (non-hydrogen) atoms. The van der Waals surface area contributed by atoms with Gasteiger partial charge < -0.3 is 19.5 Å². The van der Waals surface area contributed by atoms with Crippen molar-refractivity contribution in [1.82, 2.24) is 4.98 Å². The topological polar surface area (TPSA) is 54.8 Å². The molecule has 0 saturated carbocycles. The predicted molar refractivity (Wildman–Crippen MR) is 89.8 cm³/mol. The summed E-state index contributed by atoms with van der Waals surface area (Å²) in [5, 5.41) is 10.4. The minimum absolute atomic E-state index is 0.106. The lowest BCUT2D eigenvalue weighted by molar-refractivity contribution is -0.137. The highest BCUT2D eigenvalue weighted by molar-refractivity contribution is 6.33. The summed E-state index contributed by atoms with van der Waals surface area (Å²) in [5.74, 6) is 1.21. The van der Waals surface area contributed by atoms with E-state index in [1.165, 1.54) is 14.2 Å². The van der Waals surface area contributed by atoms with E-state index in [2.05, 4.69) is 4.98 Å². The van der Waals surface area contributed by atoms with Crippen molar-refractivity contribution in [3.05, 3.63) is 46.1 Å². The average molecular weight is 389 g/mol. The van der Waals surface area contributed by atoms with E-state index in [0.29, 0.717) is 22.6 Å². The van der Waals surface area contributed by atoms with Crippen LogP contribution in [0.1, 0.15) is 22.8 Å². The van der Waals surface area contributed by atoms with Crippen LogP contribution in [0.2, 0.25) is 5.02 Å². The molecule has 0 radical (unpaired) electrons. The molecule has 0 bridgehead atoms. The molecule has 2 heterocycles. The molecule has 1 aliphatic heterocycles. The maximum absolute atomic E-state index is 12.8. The molecule has 0 amide bonds. The molecule has 9 heteroatoms. The number of hydrogen-bond donors (Lipinski definition) is 1. The number of methoxy groups -OCH3 is 2. The Morgan fingerprint density at radius 3 is 2.46 bits per heavy atom. The minimum atomic E-state index is -4.53. The number of halogens is 4. The average Bonchev–Trinajstić information content (AvgIpc) is 2.59. The van der Waals surface area contributed by atoms with Crippen LogP contribution in [0.5, 0.6) is 11.5 Å². The maximum atomic E-state index is 12.8.